The van der Waals surface area contributed by atoms with E-state index in [9.17, 15) is 24.4 Å². The molecule has 2 saturated carbocycles. The standard InChI is InChI=1S/C48H52FN7O5/c1-5-6-7-8-33-22-48(33,26-50)32-11-13-35(14-12-32)55(42-17-31(10-9-27(42)2)44-28(3)53-61-29(44)4)25-30-23-54(24-30)36-18-34(19-36)51-40-21-38-37(20-39(40)49)46(59)56(47(38)60)41-15-16-43(57)52-45(41)58/h9-14,17,20-21,30,33-34,36,41,51H,5-8,15-16,18-19,22-25H2,1-4H3,(H,52,57,58). The number of carbonyl (C=O) groups is 4. The summed E-state index contributed by atoms with van der Waals surface area (Å²) < 4.78 is 20.9. The zero-order valence-corrected chi connectivity index (χ0v) is 35.2. The number of benzene rings is 3. The molecule has 3 unspecified atom stereocenters. The fraction of sp³-hybridized carbons (Fsp3) is 0.458. The Bertz CT molecular complexity index is 2440. The molecule has 1 aromatic heterocycles. The topological polar surface area (TPSA) is 152 Å². The largest absolute Gasteiger partial charge is 0.380 e. The van der Waals surface area contributed by atoms with Crippen LogP contribution < -0.4 is 15.5 Å². The molecule has 4 amide bonds. The van der Waals surface area contributed by atoms with Gasteiger partial charge in [-0.1, -0.05) is 55.6 Å². The molecular weight excluding hydrogens is 774 g/mol. The molecule has 316 valence electrons. The molecule has 2 aliphatic carbocycles. The van der Waals surface area contributed by atoms with E-state index in [1.807, 2.05) is 13.8 Å². The molecule has 2 saturated heterocycles. The summed E-state index contributed by atoms with van der Waals surface area (Å²) in [5, 5.41) is 20.0. The highest BCUT2D eigenvalue weighted by molar-refractivity contribution is 6.23. The number of hydrogen-bond donors (Lipinski definition) is 2. The normalized spacial score (nSPS) is 24.8. The molecule has 0 radical (unpaired) electrons. The lowest BCUT2D eigenvalue weighted by Gasteiger charge is -2.52. The van der Waals surface area contributed by atoms with Crippen LogP contribution in [0, 0.1) is 49.8 Å². The second-order valence-electron chi connectivity index (χ2n) is 17.9. The van der Waals surface area contributed by atoms with Gasteiger partial charge in [-0.25, -0.2) is 4.39 Å². The number of aromatic nitrogens is 1. The van der Waals surface area contributed by atoms with Gasteiger partial charge in [0.1, 0.15) is 17.6 Å². The van der Waals surface area contributed by atoms with Crippen LogP contribution >= 0.6 is 0 Å². The van der Waals surface area contributed by atoms with E-state index in [2.05, 4.69) is 88.0 Å². The van der Waals surface area contributed by atoms with Crippen LogP contribution in [0.25, 0.3) is 11.1 Å². The molecule has 3 atom stereocenters. The predicted molar refractivity (Wildman–Crippen MR) is 228 cm³/mol. The number of likely N-dealkylation sites (tertiary alicyclic amines) is 1. The van der Waals surface area contributed by atoms with Gasteiger partial charge in [0.15, 0.2) is 0 Å². The number of piperidine rings is 1. The number of nitriles is 1. The highest BCUT2D eigenvalue weighted by atomic mass is 19.1. The van der Waals surface area contributed by atoms with Crippen molar-refractivity contribution in [3.8, 4) is 17.2 Å². The van der Waals surface area contributed by atoms with Gasteiger partial charge >= 0.3 is 0 Å². The lowest BCUT2D eigenvalue weighted by Crippen LogP contribution is -2.60. The minimum Gasteiger partial charge on any atom is -0.380 e. The predicted octanol–water partition coefficient (Wildman–Crippen LogP) is 7.88. The average molecular weight is 826 g/mol. The minimum absolute atomic E-state index is 0.00538. The quantitative estimate of drug-likeness (QED) is 0.0949. The van der Waals surface area contributed by atoms with Crippen molar-refractivity contribution in [1.29, 1.82) is 5.26 Å². The second-order valence-corrected chi connectivity index (χ2v) is 17.9. The number of anilines is 3. The van der Waals surface area contributed by atoms with Crippen LogP contribution in [-0.4, -0.2) is 76.3 Å². The highest BCUT2D eigenvalue weighted by Gasteiger charge is 2.55. The van der Waals surface area contributed by atoms with Gasteiger partial charge in [0, 0.05) is 61.0 Å². The number of halogens is 1. The first-order chi connectivity index (χ1) is 29.4. The summed E-state index contributed by atoms with van der Waals surface area (Å²) in [5.41, 5.74) is 7.12. The van der Waals surface area contributed by atoms with Crippen LogP contribution in [0.15, 0.2) is 59.1 Å². The maximum absolute atomic E-state index is 15.4. The van der Waals surface area contributed by atoms with Gasteiger partial charge in [0.05, 0.1) is 34.0 Å². The molecule has 3 aromatic carbocycles. The number of rotatable bonds is 14. The molecule has 4 heterocycles. The molecule has 3 aliphatic heterocycles. The number of amides is 4. The molecule has 9 rings (SSSR count). The Hall–Kier alpha value is -5.87. The van der Waals surface area contributed by atoms with Gasteiger partial charge < -0.3 is 14.7 Å². The lowest BCUT2D eigenvalue weighted by atomic mass is 9.81. The van der Waals surface area contributed by atoms with E-state index in [0.29, 0.717) is 17.9 Å². The minimum atomic E-state index is -1.11. The lowest BCUT2D eigenvalue weighted by molar-refractivity contribution is -0.136. The first kappa shape index (κ1) is 40.5. The molecule has 4 aromatic rings. The summed E-state index contributed by atoms with van der Waals surface area (Å²) in [6, 6.07) is 19.6. The van der Waals surface area contributed by atoms with Crippen LogP contribution in [0.1, 0.15) is 108 Å². The number of nitrogens with one attached hydrogen (secondary N) is 2. The molecule has 4 fully saturated rings. The molecule has 0 spiro atoms. The maximum Gasteiger partial charge on any atom is 0.262 e. The van der Waals surface area contributed by atoms with Crippen LogP contribution in [0.2, 0.25) is 0 Å². The van der Waals surface area contributed by atoms with E-state index in [1.54, 1.807) is 0 Å². The van der Waals surface area contributed by atoms with Crippen LogP contribution in [-0.2, 0) is 15.0 Å². The van der Waals surface area contributed by atoms with Crippen molar-refractivity contribution >= 4 is 40.7 Å². The molecular formula is C48H52FN7O5. The molecule has 61 heavy (non-hydrogen) atoms. The van der Waals surface area contributed by atoms with Crippen molar-refractivity contribution in [2.24, 2.45) is 11.8 Å². The summed E-state index contributed by atoms with van der Waals surface area (Å²) in [6.45, 7) is 10.9. The number of hydrogen-bond acceptors (Lipinski definition) is 10. The van der Waals surface area contributed by atoms with Gasteiger partial charge in [0.25, 0.3) is 11.8 Å². The first-order valence-corrected chi connectivity index (χ1v) is 21.8. The van der Waals surface area contributed by atoms with Gasteiger partial charge in [0.2, 0.25) is 11.8 Å². The maximum atomic E-state index is 15.4. The highest BCUT2D eigenvalue weighted by Crippen LogP contribution is 2.56. The number of carbonyl (C=O) groups excluding carboxylic acids is 4. The van der Waals surface area contributed by atoms with E-state index in [1.165, 1.54) is 25.3 Å². The van der Waals surface area contributed by atoms with E-state index in [0.717, 1.165) is 101 Å². The summed E-state index contributed by atoms with van der Waals surface area (Å²) >= 11 is 0. The van der Waals surface area contributed by atoms with Crippen molar-refractivity contribution in [3.05, 3.63) is 94.1 Å². The molecule has 13 heteroatoms. The SMILES string of the molecule is CCCCCC1CC1(C#N)c1ccc(N(CC2CN(C3CC(Nc4cc5c(cc4F)C(=O)N(C4CCC(=O)NC4=O)C5=O)C3)C2)c2cc(-c3c(C)noc3C)ccc2C)cc1. The summed E-state index contributed by atoms with van der Waals surface area (Å²) in [6.07, 6.45) is 7.24. The Kier molecular flexibility index (Phi) is 10.5. The van der Waals surface area contributed by atoms with Crippen LogP contribution in [0.4, 0.5) is 21.5 Å². The number of fused-ring (bicyclic) bond motifs is 1. The second kappa shape index (κ2) is 15.9. The van der Waals surface area contributed by atoms with Crippen molar-refractivity contribution in [1.82, 2.24) is 20.3 Å². The molecule has 0 bridgehead atoms. The number of aryl methyl sites for hydroxylation is 3. The summed E-state index contributed by atoms with van der Waals surface area (Å²) in [4.78, 5) is 56.4. The van der Waals surface area contributed by atoms with Crippen LogP contribution in [0.3, 0.4) is 0 Å². The zero-order chi connectivity index (χ0) is 42.7. The van der Waals surface area contributed by atoms with E-state index in [4.69, 9.17) is 4.52 Å². The van der Waals surface area contributed by atoms with E-state index in [-0.39, 0.29) is 41.1 Å². The van der Waals surface area contributed by atoms with Crippen molar-refractivity contribution in [2.75, 3.05) is 29.9 Å². The summed E-state index contributed by atoms with van der Waals surface area (Å²) in [5.74, 6) is -1.58. The zero-order valence-electron chi connectivity index (χ0n) is 35.2. The summed E-state index contributed by atoms with van der Waals surface area (Å²) in [7, 11) is 0. The van der Waals surface area contributed by atoms with Gasteiger partial charge in [-0.15, -0.1) is 0 Å². The Labute approximate surface area is 355 Å². The van der Waals surface area contributed by atoms with Gasteiger partial charge in [-0.3, -0.25) is 34.3 Å². The third-order valence-corrected chi connectivity index (χ3v) is 13.9. The Morgan fingerprint density at radius 1 is 1.00 bits per heavy atom. The van der Waals surface area contributed by atoms with E-state index >= 15 is 4.39 Å². The van der Waals surface area contributed by atoms with Gasteiger partial charge in [-0.05, 0) is 106 Å². The number of nitrogens with zero attached hydrogens (tertiary/aromatic N) is 5. The van der Waals surface area contributed by atoms with Gasteiger partial charge in [-0.2, -0.15) is 5.26 Å². The van der Waals surface area contributed by atoms with Crippen LogP contribution in [0.5, 0.6) is 0 Å². The number of imide groups is 2. The fourth-order valence-electron chi connectivity index (χ4n) is 10.2. The Balaban J connectivity index is 0.865. The van der Waals surface area contributed by atoms with Crippen molar-refractivity contribution in [3.63, 3.8) is 0 Å². The fourth-order valence-corrected chi connectivity index (χ4v) is 10.2. The first-order valence-electron chi connectivity index (χ1n) is 21.8. The smallest absolute Gasteiger partial charge is 0.262 e. The van der Waals surface area contributed by atoms with E-state index < -0.39 is 35.5 Å². The van der Waals surface area contributed by atoms with Crippen molar-refractivity contribution < 1.29 is 28.1 Å². The third-order valence-electron chi connectivity index (χ3n) is 13.9. The number of unbranched alkanes of at least 4 members (excludes halogenated alkanes) is 2. The average Bonchev–Trinajstić information content (AvgIpc) is 3.76. The molecule has 5 aliphatic rings. The monoisotopic (exact) mass is 825 g/mol. The molecule has 2 N–H and O–H groups in total. The van der Waals surface area contributed by atoms with Crippen molar-refractivity contribution in [2.45, 2.75) is 109 Å². The third kappa shape index (κ3) is 7.28. The molecule has 12 nitrogen and oxygen atoms in total. The Morgan fingerprint density at radius 3 is 2.41 bits per heavy atom. The Morgan fingerprint density at radius 2 is 1.74 bits per heavy atom.